The monoisotopic (exact) mass is 229 g/mol. The summed E-state index contributed by atoms with van der Waals surface area (Å²) in [6.07, 6.45) is 0.721. The van der Waals surface area contributed by atoms with Crippen molar-refractivity contribution < 1.29 is 9.50 Å². The Bertz CT molecular complexity index is 299. The SMILES string of the molecule is CC(CCO)SCc1c(N)cccc1F. The number of halogens is 1. The Hall–Kier alpha value is -0.740. The van der Waals surface area contributed by atoms with Gasteiger partial charge < -0.3 is 10.8 Å². The van der Waals surface area contributed by atoms with Gasteiger partial charge in [-0.3, -0.25) is 0 Å². The molecular weight excluding hydrogens is 213 g/mol. The van der Waals surface area contributed by atoms with Crippen LogP contribution in [0.4, 0.5) is 10.1 Å². The van der Waals surface area contributed by atoms with Gasteiger partial charge in [-0.15, -0.1) is 0 Å². The van der Waals surface area contributed by atoms with Crippen molar-refractivity contribution in [2.75, 3.05) is 12.3 Å². The summed E-state index contributed by atoms with van der Waals surface area (Å²) in [6, 6.07) is 4.73. The van der Waals surface area contributed by atoms with Crippen LogP contribution in [0.15, 0.2) is 18.2 Å². The van der Waals surface area contributed by atoms with Crippen LogP contribution in [-0.2, 0) is 5.75 Å². The van der Waals surface area contributed by atoms with Crippen LogP contribution in [-0.4, -0.2) is 17.0 Å². The Morgan fingerprint density at radius 3 is 2.87 bits per heavy atom. The van der Waals surface area contributed by atoms with Gasteiger partial charge >= 0.3 is 0 Å². The number of rotatable bonds is 5. The molecule has 0 heterocycles. The largest absolute Gasteiger partial charge is 0.398 e. The Morgan fingerprint density at radius 2 is 2.27 bits per heavy atom. The van der Waals surface area contributed by atoms with E-state index in [-0.39, 0.29) is 12.4 Å². The molecule has 0 amide bonds. The molecule has 0 saturated heterocycles. The number of nitrogen functional groups attached to an aromatic ring is 1. The normalized spacial score (nSPS) is 12.7. The Morgan fingerprint density at radius 1 is 1.53 bits per heavy atom. The predicted molar refractivity (Wildman–Crippen MR) is 63.3 cm³/mol. The van der Waals surface area contributed by atoms with E-state index in [1.165, 1.54) is 6.07 Å². The summed E-state index contributed by atoms with van der Waals surface area (Å²) in [5, 5.41) is 9.04. The molecule has 0 fully saturated rings. The zero-order valence-electron chi connectivity index (χ0n) is 8.74. The molecule has 0 bridgehead atoms. The maximum atomic E-state index is 13.3. The molecule has 1 rings (SSSR count). The smallest absolute Gasteiger partial charge is 0.129 e. The number of aliphatic hydroxyl groups is 1. The molecule has 0 aliphatic rings. The van der Waals surface area contributed by atoms with E-state index < -0.39 is 0 Å². The zero-order valence-corrected chi connectivity index (χ0v) is 9.56. The lowest BCUT2D eigenvalue weighted by Gasteiger charge is -2.11. The highest BCUT2D eigenvalue weighted by atomic mass is 32.2. The van der Waals surface area contributed by atoms with E-state index in [1.807, 2.05) is 6.92 Å². The van der Waals surface area contributed by atoms with Crippen molar-refractivity contribution >= 4 is 17.4 Å². The molecule has 0 radical (unpaired) electrons. The number of anilines is 1. The second-order valence-electron chi connectivity index (χ2n) is 3.44. The highest BCUT2D eigenvalue weighted by Gasteiger charge is 2.08. The van der Waals surface area contributed by atoms with Crippen LogP contribution in [0.2, 0.25) is 0 Å². The minimum absolute atomic E-state index is 0.168. The summed E-state index contributed by atoms with van der Waals surface area (Å²) in [5.41, 5.74) is 6.74. The predicted octanol–water partition coefficient (Wildman–Crippen LogP) is 2.41. The van der Waals surface area contributed by atoms with E-state index in [2.05, 4.69) is 0 Å². The van der Waals surface area contributed by atoms with Gasteiger partial charge in [0, 0.05) is 28.9 Å². The number of aliphatic hydroxyl groups excluding tert-OH is 1. The first-order chi connectivity index (χ1) is 7.15. The second-order valence-corrected chi connectivity index (χ2v) is 4.87. The molecule has 0 spiro atoms. The number of hydrogen-bond donors (Lipinski definition) is 2. The Balaban J connectivity index is 2.57. The molecule has 1 aromatic carbocycles. The minimum Gasteiger partial charge on any atom is -0.398 e. The third-order valence-electron chi connectivity index (χ3n) is 2.20. The van der Waals surface area contributed by atoms with Gasteiger partial charge in [-0.05, 0) is 18.6 Å². The van der Waals surface area contributed by atoms with E-state index in [1.54, 1.807) is 23.9 Å². The number of hydrogen-bond acceptors (Lipinski definition) is 3. The van der Waals surface area contributed by atoms with Gasteiger partial charge in [0.05, 0.1) is 0 Å². The van der Waals surface area contributed by atoms with Crippen LogP contribution in [0.5, 0.6) is 0 Å². The van der Waals surface area contributed by atoms with Gasteiger partial charge in [-0.25, -0.2) is 4.39 Å². The minimum atomic E-state index is -0.251. The van der Waals surface area contributed by atoms with Crippen molar-refractivity contribution in [1.82, 2.24) is 0 Å². The van der Waals surface area contributed by atoms with Gasteiger partial charge in [-0.2, -0.15) is 11.8 Å². The lowest BCUT2D eigenvalue weighted by atomic mass is 10.2. The molecule has 1 unspecified atom stereocenters. The highest BCUT2D eigenvalue weighted by molar-refractivity contribution is 7.99. The molecular formula is C11H16FNOS. The molecule has 15 heavy (non-hydrogen) atoms. The first kappa shape index (κ1) is 12.3. The van der Waals surface area contributed by atoms with Crippen LogP contribution in [0, 0.1) is 5.82 Å². The third-order valence-corrected chi connectivity index (χ3v) is 3.46. The molecule has 0 aliphatic carbocycles. The van der Waals surface area contributed by atoms with Gasteiger partial charge in [0.25, 0.3) is 0 Å². The molecule has 1 atom stereocenters. The second kappa shape index (κ2) is 5.98. The van der Waals surface area contributed by atoms with E-state index in [4.69, 9.17) is 10.8 Å². The molecule has 0 saturated carbocycles. The van der Waals surface area contributed by atoms with Crippen molar-refractivity contribution in [3.63, 3.8) is 0 Å². The van der Waals surface area contributed by atoms with E-state index in [0.29, 0.717) is 22.3 Å². The van der Waals surface area contributed by atoms with Crippen LogP contribution in [0.3, 0.4) is 0 Å². The summed E-state index contributed by atoms with van der Waals surface area (Å²) >= 11 is 1.60. The average Bonchev–Trinajstić information content (AvgIpc) is 2.17. The van der Waals surface area contributed by atoms with Crippen LogP contribution in [0.1, 0.15) is 18.9 Å². The summed E-state index contributed by atoms with van der Waals surface area (Å²) in [5.74, 6) is 0.304. The summed E-state index contributed by atoms with van der Waals surface area (Å²) in [4.78, 5) is 0. The fourth-order valence-corrected chi connectivity index (χ4v) is 2.25. The van der Waals surface area contributed by atoms with Crippen LogP contribution < -0.4 is 5.73 Å². The molecule has 3 N–H and O–H groups in total. The topological polar surface area (TPSA) is 46.2 Å². The molecule has 2 nitrogen and oxygen atoms in total. The molecule has 0 aliphatic heterocycles. The summed E-state index contributed by atoms with van der Waals surface area (Å²) in [7, 11) is 0. The van der Waals surface area contributed by atoms with E-state index >= 15 is 0 Å². The fourth-order valence-electron chi connectivity index (χ4n) is 1.22. The van der Waals surface area contributed by atoms with Gasteiger partial charge in [-0.1, -0.05) is 13.0 Å². The maximum Gasteiger partial charge on any atom is 0.129 e. The Kier molecular flexibility index (Phi) is 4.91. The van der Waals surface area contributed by atoms with Crippen LogP contribution >= 0.6 is 11.8 Å². The number of benzene rings is 1. The number of nitrogens with two attached hydrogens (primary N) is 1. The fraction of sp³-hybridized carbons (Fsp3) is 0.455. The third kappa shape index (κ3) is 3.72. The first-order valence-corrected chi connectivity index (χ1v) is 5.95. The molecule has 0 aromatic heterocycles. The quantitative estimate of drug-likeness (QED) is 0.762. The van der Waals surface area contributed by atoms with E-state index in [0.717, 1.165) is 6.42 Å². The Labute approximate surface area is 93.7 Å². The molecule has 84 valence electrons. The van der Waals surface area contributed by atoms with E-state index in [9.17, 15) is 4.39 Å². The average molecular weight is 229 g/mol. The van der Waals surface area contributed by atoms with Crippen molar-refractivity contribution in [3.8, 4) is 0 Å². The lowest BCUT2D eigenvalue weighted by molar-refractivity contribution is 0.289. The van der Waals surface area contributed by atoms with Crippen LogP contribution in [0.25, 0.3) is 0 Å². The van der Waals surface area contributed by atoms with Crippen molar-refractivity contribution in [3.05, 3.63) is 29.6 Å². The molecule has 4 heteroatoms. The maximum absolute atomic E-state index is 13.3. The highest BCUT2D eigenvalue weighted by Crippen LogP contribution is 2.25. The zero-order chi connectivity index (χ0) is 11.3. The number of thioether (sulfide) groups is 1. The van der Waals surface area contributed by atoms with Crippen molar-refractivity contribution in [2.45, 2.75) is 24.3 Å². The first-order valence-electron chi connectivity index (χ1n) is 4.90. The van der Waals surface area contributed by atoms with Gasteiger partial charge in [0.15, 0.2) is 0 Å². The lowest BCUT2D eigenvalue weighted by Crippen LogP contribution is -2.02. The van der Waals surface area contributed by atoms with Crippen molar-refractivity contribution in [2.24, 2.45) is 0 Å². The van der Waals surface area contributed by atoms with Crippen molar-refractivity contribution in [1.29, 1.82) is 0 Å². The van der Waals surface area contributed by atoms with Gasteiger partial charge in [0.1, 0.15) is 5.82 Å². The summed E-state index contributed by atoms with van der Waals surface area (Å²) < 4.78 is 13.3. The summed E-state index contributed by atoms with van der Waals surface area (Å²) in [6.45, 7) is 2.18. The standard InChI is InChI=1S/C11H16FNOS/c1-8(5-6-14)15-7-9-10(12)3-2-4-11(9)13/h2-4,8,14H,5-7,13H2,1H3. The van der Waals surface area contributed by atoms with Gasteiger partial charge in [0.2, 0.25) is 0 Å². The molecule has 1 aromatic rings.